The molecule has 1 heterocycles. The number of benzene rings is 1. The summed E-state index contributed by atoms with van der Waals surface area (Å²) in [5.41, 5.74) is 1.01. The minimum Gasteiger partial charge on any atom is -0.487 e. The number of nitrogens with one attached hydrogen (secondary N) is 1. The molecule has 0 aliphatic heterocycles. The first kappa shape index (κ1) is 15.5. The number of ether oxygens (including phenoxy) is 1. The van der Waals surface area contributed by atoms with Gasteiger partial charge < -0.3 is 19.6 Å². The predicted octanol–water partition coefficient (Wildman–Crippen LogP) is 1.84. The normalized spacial score (nSPS) is 12.8. The maximum absolute atomic E-state index is 11.4. The second kappa shape index (κ2) is 6.74. The summed E-state index contributed by atoms with van der Waals surface area (Å²) < 4.78 is 10.8. The summed E-state index contributed by atoms with van der Waals surface area (Å²) in [5, 5.41) is 13.8. The third-order valence-corrected chi connectivity index (χ3v) is 3.16. The third kappa shape index (κ3) is 4.06. The summed E-state index contributed by atoms with van der Waals surface area (Å²) >= 11 is 0. The second-order valence-electron chi connectivity index (χ2n) is 5.41. The molecule has 5 heteroatoms. The third-order valence-electron chi connectivity index (χ3n) is 3.16. The Labute approximate surface area is 123 Å². The minimum absolute atomic E-state index is 0.135. The van der Waals surface area contributed by atoms with Crippen molar-refractivity contribution in [2.75, 3.05) is 13.2 Å². The first-order chi connectivity index (χ1) is 9.97. The van der Waals surface area contributed by atoms with Gasteiger partial charge in [-0.05, 0) is 24.6 Å². The van der Waals surface area contributed by atoms with Crippen molar-refractivity contribution in [2.45, 2.75) is 32.9 Å². The second-order valence-corrected chi connectivity index (χ2v) is 5.41. The summed E-state index contributed by atoms with van der Waals surface area (Å²) in [5.74, 6) is 0.469. The van der Waals surface area contributed by atoms with Crippen LogP contribution in [0.2, 0.25) is 0 Å². The largest absolute Gasteiger partial charge is 0.487 e. The lowest BCUT2D eigenvalue weighted by Crippen LogP contribution is -2.35. The summed E-state index contributed by atoms with van der Waals surface area (Å²) in [6.07, 6.45) is -0.626. The van der Waals surface area contributed by atoms with Crippen LogP contribution in [-0.2, 0) is 0 Å². The van der Waals surface area contributed by atoms with E-state index in [9.17, 15) is 9.90 Å². The fourth-order valence-corrected chi connectivity index (χ4v) is 2.01. The van der Waals surface area contributed by atoms with Gasteiger partial charge in [-0.15, -0.1) is 0 Å². The molecule has 0 aliphatic rings. The van der Waals surface area contributed by atoms with Crippen LogP contribution >= 0.6 is 0 Å². The molecule has 1 aromatic heterocycles. The van der Waals surface area contributed by atoms with Crippen LogP contribution in [0.5, 0.6) is 5.75 Å². The van der Waals surface area contributed by atoms with Crippen molar-refractivity contribution >= 4 is 11.0 Å². The molecule has 0 bridgehead atoms. The standard InChI is InChI=1S/C16H21NO4/c1-10(2)17-8-12(18)9-20-14-6-4-11(3)13-5-7-15(19)21-16(13)14/h4-7,10,12,17-18H,8-9H2,1-3H3. The van der Waals surface area contributed by atoms with Crippen molar-refractivity contribution < 1.29 is 14.3 Å². The van der Waals surface area contributed by atoms with Gasteiger partial charge in [0.1, 0.15) is 12.7 Å². The minimum atomic E-state index is -0.626. The van der Waals surface area contributed by atoms with Crippen LogP contribution in [-0.4, -0.2) is 30.4 Å². The number of aryl methyl sites for hydroxylation is 1. The number of aliphatic hydroxyl groups excluding tert-OH is 1. The highest BCUT2D eigenvalue weighted by Gasteiger charge is 2.11. The Bertz CT molecular complexity index is 663. The summed E-state index contributed by atoms with van der Waals surface area (Å²) in [7, 11) is 0. The monoisotopic (exact) mass is 291 g/mol. The fourth-order valence-electron chi connectivity index (χ4n) is 2.01. The van der Waals surface area contributed by atoms with Gasteiger partial charge in [-0.2, -0.15) is 0 Å². The quantitative estimate of drug-likeness (QED) is 0.795. The van der Waals surface area contributed by atoms with Gasteiger partial charge in [0.05, 0.1) is 0 Å². The number of hydrogen-bond acceptors (Lipinski definition) is 5. The van der Waals surface area contributed by atoms with E-state index in [0.29, 0.717) is 23.9 Å². The molecule has 0 fully saturated rings. The lowest BCUT2D eigenvalue weighted by Gasteiger charge is -2.15. The summed E-state index contributed by atoms with van der Waals surface area (Å²) in [6.45, 7) is 6.54. The maximum atomic E-state index is 11.4. The van der Waals surface area contributed by atoms with Crippen LogP contribution in [0.3, 0.4) is 0 Å². The van der Waals surface area contributed by atoms with Gasteiger partial charge in [0, 0.05) is 24.0 Å². The molecule has 1 unspecified atom stereocenters. The molecule has 1 atom stereocenters. The average molecular weight is 291 g/mol. The Hall–Kier alpha value is -1.85. The van der Waals surface area contributed by atoms with Crippen LogP contribution < -0.4 is 15.7 Å². The summed E-state index contributed by atoms with van der Waals surface area (Å²) in [4.78, 5) is 11.4. The molecular weight excluding hydrogens is 270 g/mol. The van der Waals surface area contributed by atoms with Crippen molar-refractivity contribution in [2.24, 2.45) is 0 Å². The Kier molecular flexibility index (Phi) is 4.98. The van der Waals surface area contributed by atoms with Crippen LogP contribution in [0.1, 0.15) is 19.4 Å². The van der Waals surface area contributed by atoms with Gasteiger partial charge in [-0.3, -0.25) is 0 Å². The van der Waals surface area contributed by atoms with Crippen molar-refractivity contribution in [3.8, 4) is 5.75 Å². The molecule has 5 nitrogen and oxygen atoms in total. The fraction of sp³-hybridized carbons (Fsp3) is 0.438. The van der Waals surface area contributed by atoms with E-state index in [1.807, 2.05) is 26.8 Å². The Morgan fingerprint density at radius 1 is 1.29 bits per heavy atom. The highest BCUT2D eigenvalue weighted by molar-refractivity contribution is 5.85. The van der Waals surface area contributed by atoms with E-state index in [2.05, 4.69) is 5.32 Å². The van der Waals surface area contributed by atoms with Crippen molar-refractivity contribution in [3.05, 3.63) is 40.2 Å². The van der Waals surface area contributed by atoms with Gasteiger partial charge in [0.25, 0.3) is 0 Å². The molecule has 1 aromatic carbocycles. The molecule has 0 spiro atoms. The molecule has 0 aliphatic carbocycles. The zero-order valence-electron chi connectivity index (χ0n) is 12.6. The Balaban J connectivity index is 2.13. The predicted molar refractivity (Wildman–Crippen MR) is 81.9 cm³/mol. The topological polar surface area (TPSA) is 71.7 Å². The average Bonchev–Trinajstić information content (AvgIpc) is 2.44. The van der Waals surface area contributed by atoms with Gasteiger partial charge in [-0.25, -0.2) is 4.79 Å². The van der Waals surface area contributed by atoms with Crippen molar-refractivity contribution in [1.29, 1.82) is 0 Å². The zero-order chi connectivity index (χ0) is 15.4. The lowest BCUT2D eigenvalue weighted by molar-refractivity contribution is 0.105. The van der Waals surface area contributed by atoms with E-state index in [-0.39, 0.29) is 6.61 Å². The van der Waals surface area contributed by atoms with E-state index in [1.165, 1.54) is 6.07 Å². The molecule has 2 aromatic rings. The van der Waals surface area contributed by atoms with E-state index in [4.69, 9.17) is 9.15 Å². The smallest absolute Gasteiger partial charge is 0.336 e. The number of hydrogen-bond donors (Lipinski definition) is 2. The first-order valence-electron chi connectivity index (χ1n) is 7.05. The molecule has 0 amide bonds. The molecule has 0 saturated heterocycles. The van der Waals surface area contributed by atoms with Crippen LogP contribution in [0.4, 0.5) is 0 Å². The molecule has 2 N–H and O–H groups in total. The molecule has 114 valence electrons. The number of fused-ring (bicyclic) bond motifs is 1. The highest BCUT2D eigenvalue weighted by atomic mass is 16.5. The Morgan fingerprint density at radius 2 is 2.05 bits per heavy atom. The van der Waals surface area contributed by atoms with Crippen molar-refractivity contribution in [1.82, 2.24) is 5.32 Å². The molecule has 0 saturated carbocycles. The van der Waals surface area contributed by atoms with E-state index < -0.39 is 11.7 Å². The van der Waals surface area contributed by atoms with Gasteiger partial charge in [0.2, 0.25) is 0 Å². The summed E-state index contributed by atoms with van der Waals surface area (Å²) in [6, 6.07) is 7.07. The molecule has 2 rings (SSSR count). The SMILES string of the molecule is Cc1ccc(OCC(O)CNC(C)C)c2oc(=O)ccc12. The van der Waals surface area contributed by atoms with E-state index >= 15 is 0 Å². The van der Waals surface area contributed by atoms with Crippen LogP contribution in [0, 0.1) is 6.92 Å². The first-order valence-corrected chi connectivity index (χ1v) is 7.05. The van der Waals surface area contributed by atoms with E-state index in [1.54, 1.807) is 12.1 Å². The highest BCUT2D eigenvalue weighted by Crippen LogP contribution is 2.27. The molecular formula is C16H21NO4. The van der Waals surface area contributed by atoms with Crippen LogP contribution in [0.15, 0.2) is 33.5 Å². The lowest BCUT2D eigenvalue weighted by atomic mass is 10.1. The van der Waals surface area contributed by atoms with Gasteiger partial charge in [-0.1, -0.05) is 19.9 Å². The maximum Gasteiger partial charge on any atom is 0.336 e. The Morgan fingerprint density at radius 3 is 2.76 bits per heavy atom. The van der Waals surface area contributed by atoms with Gasteiger partial charge in [0.15, 0.2) is 11.3 Å². The number of aliphatic hydroxyl groups is 1. The van der Waals surface area contributed by atoms with Gasteiger partial charge >= 0.3 is 5.63 Å². The zero-order valence-corrected chi connectivity index (χ0v) is 12.6. The van der Waals surface area contributed by atoms with E-state index in [0.717, 1.165) is 10.9 Å². The molecule has 21 heavy (non-hydrogen) atoms. The van der Waals surface area contributed by atoms with Crippen molar-refractivity contribution in [3.63, 3.8) is 0 Å². The molecule has 0 radical (unpaired) electrons. The van der Waals surface area contributed by atoms with Crippen LogP contribution in [0.25, 0.3) is 11.0 Å². The number of rotatable bonds is 6.